The van der Waals surface area contributed by atoms with E-state index in [0.29, 0.717) is 17.9 Å². The van der Waals surface area contributed by atoms with Crippen molar-refractivity contribution in [2.24, 2.45) is 0 Å². The number of esters is 1. The number of amides is 1. The molecular weight excluding hydrogens is 334 g/mol. The predicted octanol–water partition coefficient (Wildman–Crippen LogP) is 3.11. The number of hydrogen-bond acceptors (Lipinski definition) is 5. The van der Waals surface area contributed by atoms with Gasteiger partial charge in [0.15, 0.2) is 0 Å². The molecule has 3 rings (SSSR count). The van der Waals surface area contributed by atoms with E-state index in [0.717, 1.165) is 5.56 Å². The molecule has 0 aromatic heterocycles. The molecule has 0 saturated carbocycles. The molecule has 1 aliphatic rings. The summed E-state index contributed by atoms with van der Waals surface area (Å²) in [6.07, 6.45) is 0.0857. The van der Waals surface area contributed by atoms with Crippen LogP contribution >= 0.6 is 0 Å². The number of ether oxygens (including phenoxy) is 3. The molecule has 1 aliphatic heterocycles. The highest BCUT2D eigenvalue weighted by Crippen LogP contribution is 2.22. The summed E-state index contributed by atoms with van der Waals surface area (Å²) in [4.78, 5) is 25.0. The third kappa shape index (κ3) is 4.42. The average molecular weight is 353 g/mol. The molecule has 0 bridgehead atoms. The lowest BCUT2D eigenvalue weighted by atomic mass is 10.1. The quantitative estimate of drug-likeness (QED) is 0.836. The van der Waals surface area contributed by atoms with Crippen LogP contribution in [0.1, 0.15) is 17.2 Å². The number of benzene rings is 2. The van der Waals surface area contributed by atoms with E-state index in [2.05, 4.69) is 5.32 Å². The largest absolute Gasteiger partial charge is 0.493 e. The molecule has 0 aliphatic carbocycles. The lowest BCUT2D eigenvalue weighted by Gasteiger charge is -2.20. The Kier molecular flexibility index (Phi) is 5.53. The monoisotopic (exact) mass is 353 g/mol. The second kappa shape index (κ2) is 8.20. The Hall–Kier alpha value is -3.28. The topological polar surface area (TPSA) is 73.9 Å². The standard InChI is InChI=1S/C20H19NO5/c1-14-7-9-16(10-8-14)21-19(22)18(15-5-3-2-4-6-15)26-20(23)17-13-24-11-12-25-17/h2-10,13,18H,11-12H2,1H3,(H,21,22)/t18-/m1/s1. The number of carbonyl (C=O) groups excluding carboxylic acids is 2. The molecule has 0 spiro atoms. The van der Waals surface area contributed by atoms with Gasteiger partial charge in [-0.3, -0.25) is 4.79 Å². The maximum absolute atomic E-state index is 12.7. The number of hydrogen-bond donors (Lipinski definition) is 1. The van der Waals surface area contributed by atoms with Gasteiger partial charge in [0.05, 0.1) is 0 Å². The van der Waals surface area contributed by atoms with Crippen LogP contribution in [0.4, 0.5) is 5.69 Å². The van der Waals surface area contributed by atoms with Crippen LogP contribution in [-0.2, 0) is 23.8 Å². The summed E-state index contributed by atoms with van der Waals surface area (Å²) in [6.45, 7) is 2.58. The van der Waals surface area contributed by atoms with Gasteiger partial charge in [-0.1, -0.05) is 48.0 Å². The summed E-state index contributed by atoms with van der Waals surface area (Å²) >= 11 is 0. The molecule has 0 fully saturated rings. The normalized spacial score (nSPS) is 14.3. The second-order valence-electron chi connectivity index (χ2n) is 5.75. The lowest BCUT2D eigenvalue weighted by Crippen LogP contribution is -2.27. The van der Waals surface area contributed by atoms with Crippen LogP contribution in [0.25, 0.3) is 0 Å². The van der Waals surface area contributed by atoms with Crippen LogP contribution in [0.2, 0.25) is 0 Å². The third-order valence-corrected chi connectivity index (χ3v) is 3.73. The molecule has 1 amide bonds. The van der Waals surface area contributed by atoms with Crippen molar-refractivity contribution in [2.75, 3.05) is 18.5 Å². The summed E-state index contributed by atoms with van der Waals surface area (Å²) < 4.78 is 15.7. The van der Waals surface area contributed by atoms with Crippen LogP contribution in [0, 0.1) is 6.92 Å². The van der Waals surface area contributed by atoms with Crippen molar-refractivity contribution in [1.82, 2.24) is 0 Å². The van der Waals surface area contributed by atoms with E-state index in [1.54, 1.807) is 36.4 Å². The van der Waals surface area contributed by atoms with Gasteiger partial charge in [0, 0.05) is 11.3 Å². The first kappa shape index (κ1) is 17.5. The zero-order chi connectivity index (χ0) is 18.4. The molecule has 0 radical (unpaired) electrons. The minimum atomic E-state index is -1.11. The zero-order valence-electron chi connectivity index (χ0n) is 14.3. The first-order valence-electron chi connectivity index (χ1n) is 8.21. The van der Waals surface area contributed by atoms with Gasteiger partial charge in [0.25, 0.3) is 5.91 Å². The molecule has 6 nitrogen and oxygen atoms in total. The Morgan fingerprint density at radius 3 is 2.42 bits per heavy atom. The molecular formula is C20H19NO5. The smallest absolute Gasteiger partial charge is 0.378 e. The van der Waals surface area contributed by atoms with Gasteiger partial charge >= 0.3 is 5.97 Å². The van der Waals surface area contributed by atoms with Crippen molar-refractivity contribution in [1.29, 1.82) is 0 Å². The molecule has 0 saturated heterocycles. The molecule has 1 atom stereocenters. The van der Waals surface area contributed by atoms with E-state index in [9.17, 15) is 9.59 Å². The molecule has 2 aromatic carbocycles. The maximum atomic E-state index is 12.7. The fourth-order valence-corrected chi connectivity index (χ4v) is 2.39. The highest BCUT2D eigenvalue weighted by molar-refractivity contribution is 5.97. The van der Waals surface area contributed by atoms with Crippen molar-refractivity contribution in [2.45, 2.75) is 13.0 Å². The van der Waals surface area contributed by atoms with Crippen LogP contribution < -0.4 is 5.32 Å². The number of anilines is 1. The third-order valence-electron chi connectivity index (χ3n) is 3.73. The van der Waals surface area contributed by atoms with Crippen LogP contribution in [-0.4, -0.2) is 25.1 Å². The van der Waals surface area contributed by atoms with E-state index in [4.69, 9.17) is 14.2 Å². The van der Waals surface area contributed by atoms with E-state index in [1.165, 1.54) is 6.26 Å². The summed E-state index contributed by atoms with van der Waals surface area (Å²) in [6, 6.07) is 16.2. The van der Waals surface area contributed by atoms with Crippen molar-refractivity contribution in [3.63, 3.8) is 0 Å². The van der Waals surface area contributed by atoms with Gasteiger partial charge in [-0.25, -0.2) is 4.79 Å². The molecule has 6 heteroatoms. The van der Waals surface area contributed by atoms with Crippen LogP contribution in [0.3, 0.4) is 0 Å². The molecule has 1 heterocycles. The highest BCUT2D eigenvalue weighted by atomic mass is 16.6. The second-order valence-corrected chi connectivity index (χ2v) is 5.75. The number of carbonyl (C=O) groups is 2. The van der Waals surface area contributed by atoms with Gasteiger partial charge in [0.2, 0.25) is 11.9 Å². The number of rotatable bonds is 5. The Balaban J connectivity index is 1.78. The fourth-order valence-electron chi connectivity index (χ4n) is 2.39. The number of aryl methyl sites for hydroxylation is 1. The lowest BCUT2D eigenvalue weighted by molar-refractivity contribution is -0.155. The molecule has 2 aromatic rings. The van der Waals surface area contributed by atoms with E-state index in [1.807, 2.05) is 25.1 Å². The fraction of sp³-hybridized carbons (Fsp3) is 0.200. The Labute approximate surface area is 151 Å². The van der Waals surface area contributed by atoms with Gasteiger partial charge in [0.1, 0.15) is 19.5 Å². The van der Waals surface area contributed by atoms with E-state index in [-0.39, 0.29) is 12.4 Å². The first-order valence-corrected chi connectivity index (χ1v) is 8.21. The van der Waals surface area contributed by atoms with Gasteiger partial charge < -0.3 is 19.5 Å². The van der Waals surface area contributed by atoms with Crippen molar-refractivity contribution in [3.05, 3.63) is 77.7 Å². The minimum Gasteiger partial charge on any atom is -0.493 e. The highest BCUT2D eigenvalue weighted by Gasteiger charge is 2.28. The first-order chi connectivity index (χ1) is 12.6. The Morgan fingerprint density at radius 2 is 1.77 bits per heavy atom. The molecule has 0 unspecified atom stereocenters. The summed E-state index contributed by atoms with van der Waals surface area (Å²) in [7, 11) is 0. The number of nitrogens with one attached hydrogen (secondary N) is 1. The van der Waals surface area contributed by atoms with Gasteiger partial charge in [-0.2, -0.15) is 0 Å². The maximum Gasteiger partial charge on any atom is 0.378 e. The predicted molar refractivity (Wildman–Crippen MR) is 95.1 cm³/mol. The van der Waals surface area contributed by atoms with Crippen molar-refractivity contribution in [3.8, 4) is 0 Å². The molecule has 26 heavy (non-hydrogen) atoms. The van der Waals surface area contributed by atoms with Crippen LogP contribution in [0.5, 0.6) is 0 Å². The zero-order valence-corrected chi connectivity index (χ0v) is 14.3. The van der Waals surface area contributed by atoms with E-state index < -0.39 is 18.0 Å². The van der Waals surface area contributed by atoms with Crippen molar-refractivity contribution < 1.29 is 23.8 Å². The average Bonchev–Trinajstić information content (AvgIpc) is 2.69. The summed E-state index contributed by atoms with van der Waals surface area (Å²) in [5, 5.41) is 2.77. The molecule has 1 N–H and O–H groups in total. The van der Waals surface area contributed by atoms with E-state index >= 15 is 0 Å². The Morgan fingerprint density at radius 1 is 1.04 bits per heavy atom. The minimum absolute atomic E-state index is 0.0553. The Bertz CT molecular complexity index is 799. The SMILES string of the molecule is Cc1ccc(NC(=O)[C@H](OC(=O)C2=COCCO2)c2ccccc2)cc1. The van der Waals surface area contributed by atoms with Crippen LogP contribution in [0.15, 0.2) is 66.6 Å². The summed E-state index contributed by atoms with van der Waals surface area (Å²) in [5.41, 5.74) is 2.26. The van der Waals surface area contributed by atoms with Gasteiger partial charge in [-0.15, -0.1) is 0 Å². The van der Waals surface area contributed by atoms with Crippen molar-refractivity contribution >= 4 is 17.6 Å². The van der Waals surface area contributed by atoms with Gasteiger partial charge in [-0.05, 0) is 19.1 Å². The summed E-state index contributed by atoms with van der Waals surface area (Å²) in [5.74, 6) is -1.26. The molecule has 134 valence electrons.